The fourth-order valence-electron chi connectivity index (χ4n) is 3.34. The Balaban J connectivity index is 1.43. The maximum Gasteiger partial charge on any atom is 0.0771 e. The number of hydrogen-bond acceptors (Lipinski definition) is 2. The van der Waals surface area contributed by atoms with Gasteiger partial charge in [-0.05, 0) is 49.9 Å². The minimum absolute atomic E-state index is 0.361. The molecular weight excluding hydrogens is 186 g/mol. The van der Waals surface area contributed by atoms with E-state index in [2.05, 4.69) is 5.32 Å². The molecule has 3 fully saturated rings. The molecule has 3 rings (SSSR count). The van der Waals surface area contributed by atoms with Crippen LogP contribution in [0.3, 0.4) is 0 Å². The maximum absolute atomic E-state index is 10.2. The van der Waals surface area contributed by atoms with Gasteiger partial charge in [-0.1, -0.05) is 12.8 Å². The molecular formula is C13H23NO. The van der Waals surface area contributed by atoms with E-state index in [0.29, 0.717) is 5.41 Å². The van der Waals surface area contributed by atoms with Crippen molar-refractivity contribution < 1.29 is 5.11 Å². The molecule has 2 nitrogen and oxygen atoms in total. The lowest BCUT2D eigenvalue weighted by atomic mass is 9.99. The molecule has 15 heavy (non-hydrogen) atoms. The highest BCUT2D eigenvalue weighted by Gasteiger charge is 2.53. The lowest BCUT2D eigenvalue weighted by molar-refractivity contribution is 0.0462. The number of rotatable bonds is 5. The van der Waals surface area contributed by atoms with Crippen molar-refractivity contribution in [1.29, 1.82) is 0 Å². The van der Waals surface area contributed by atoms with Crippen molar-refractivity contribution in [3.05, 3.63) is 0 Å². The SMILES string of the molecule is OC1(CNCC2(C3CC3)CC2)CCCC1. The summed E-state index contributed by atoms with van der Waals surface area (Å²) in [5, 5.41) is 13.7. The predicted octanol–water partition coefficient (Wildman–Crippen LogP) is 2.07. The van der Waals surface area contributed by atoms with Gasteiger partial charge in [0.2, 0.25) is 0 Å². The van der Waals surface area contributed by atoms with Crippen LogP contribution in [0, 0.1) is 11.3 Å². The van der Waals surface area contributed by atoms with Gasteiger partial charge in [-0.3, -0.25) is 0 Å². The maximum atomic E-state index is 10.2. The molecule has 0 spiro atoms. The first kappa shape index (κ1) is 10.1. The van der Waals surface area contributed by atoms with Crippen LogP contribution in [0.2, 0.25) is 0 Å². The molecule has 3 aliphatic rings. The van der Waals surface area contributed by atoms with Gasteiger partial charge >= 0.3 is 0 Å². The Morgan fingerprint density at radius 1 is 1.00 bits per heavy atom. The van der Waals surface area contributed by atoms with Crippen molar-refractivity contribution in [2.24, 2.45) is 11.3 Å². The fraction of sp³-hybridized carbons (Fsp3) is 1.00. The van der Waals surface area contributed by atoms with Crippen LogP contribution in [0.4, 0.5) is 0 Å². The highest BCUT2D eigenvalue weighted by molar-refractivity contribution is 5.05. The predicted molar refractivity (Wildman–Crippen MR) is 60.7 cm³/mol. The monoisotopic (exact) mass is 209 g/mol. The molecule has 0 bridgehead atoms. The van der Waals surface area contributed by atoms with E-state index < -0.39 is 0 Å². The summed E-state index contributed by atoms with van der Waals surface area (Å²) in [4.78, 5) is 0. The third-order valence-electron chi connectivity index (χ3n) is 4.80. The molecule has 2 N–H and O–H groups in total. The molecule has 0 aromatic rings. The zero-order chi connectivity index (χ0) is 10.4. The quantitative estimate of drug-likeness (QED) is 0.726. The van der Waals surface area contributed by atoms with E-state index in [-0.39, 0.29) is 5.60 Å². The molecule has 0 saturated heterocycles. The molecule has 0 radical (unpaired) electrons. The van der Waals surface area contributed by atoms with Gasteiger partial charge in [0.05, 0.1) is 5.60 Å². The van der Waals surface area contributed by atoms with Gasteiger partial charge in [-0.25, -0.2) is 0 Å². The van der Waals surface area contributed by atoms with Crippen molar-refractivity contribution in [3.8, 4) is 0 Å². The van der Waals surface area contributed by atoms with E-state index in [0.717, 1.165) is 25.3 Å². The van der Waals surface area contributed by atoms with Gasteiger partial charge in [0.25, 0.3) is 0 Å². The molecule has 2 heteroatoms. The zero-order valence-corrected chi connectivity index (χ0v) is 9.60. The molecule has 0 aliphatic heterocycles. The summed E-state index contributed by atoms with van der Waals surface area (Å²) in [5.74, 6) is 1.03. The Labute approximate surface area is 92.4 Å². The Bertz CT molecular complexity index is 235. The van der Waals surface area contributed by atoms with Crippen LogP contribution in [-0.2, 0) is 0 Å². The van der Waals surface area contributed by atoms with Crippen molar-refractivity contribution in [1.82, 2.24) is 5.32 Å². The second kappa shape index (κ2) is 3.46. The highest BCUT2D eigenvalue weighted by Crippen LogP contribution is 2.60. The third kappa shape index (κ3) is 2.07. The molecule has 0 aromatic carbocycles. The van der Waals surface area contributed by atoms with Crippen molar-refractivity contribution >= 4 is 0 Å². The summed E-state index contributed by atoms with van der Waals surface area (Å²) in [6, 6.07) is 0. The first-order chi connectivity index (χ1) is 7.23. The largest absolute Gasteiger partial charge is 0.389 e. The van der Waals surface area contributed by atoms with E-state index in [1.54, 1.807) is 0 Å². The minimum Gasteiger partial charge on any atom is -0.389 e. The molecule has 86 valence electrons. The van der Waals surface area contributed by atoms with Crippen LogP contribution in [-0.4, -0.2) is 23.8 Å². The van der Waals surface area contributed by atoms with Crippen LogP contribution < -0.4 is 5.32 Å². The second-order valence-electron chi connectivity index (χ2n) is 6.17. The zero-order valence-electron chi connectivity index (χ0n) is 9.60. The fourth-order valence-corrected chi connectivity index (χ4v) is 3.34. The molecule has 0 aromatic heterocycles. The summed E-state index contributed by atoms with van der Waals surface area (Å²) < 4.78 is 0. The van der Waals surface area contributed by atoms with E-state index in [4.69, 9.17) is 0 Å². The number of nitrogens with one attached hydrogen (secondary N) is 1. The lowest BCUT2D eigenvalue weighted by Gasteiger charge is -2.24. The standard InChI is InChI=1S/C13H23NO/c15-13(5-1-2-6-13)10-14-9-12(7-8-12)11-3-4-11/h11,14-15H,1-10H2. The lowest BCUT2D eigenvalue weighted by Crippen LogP contribution is -2.40. The van der Waals surface area contributed by atoms with E-state index >= 15 is 0 Å². The van der Waals surface area contributed by atoms with Crippen LogP contribution in [0.5, 0.6) is 0 Å². The Morgan fingerprint density at radius 3 is 2.20 bits per heavy atom. The Morgan fingerprint density at radius 2 is 1.67 bits per heavy atom. The van der Waals surface area contributed by atoms with Crippen LogP contribution >= 0.6 is 0 Å². The average molecular weight is 209 g/mol. The molecule has 3 saturated carbocycles. The van der Waals surface area contributed by atoms with E-state index in [1.807, 2.05) is 0 Å². The summed E-state index contributed by atoms with van der Waals surface area (Å²) in [6.07, 6.45) is 10.2. The first-order valence-electron chi connectivity index (χ1n) is 6.66. The number of aliphatic hydroxyl groups is 1. The molecule has 0 atom stereocenters. The van der Waals surface area contributed by atoms with E-state index in [9.17, 15) is 5.11 Å². The summed E-state index contributed by atoms with van der Waals surface area (Å²) in [7, 11) is 0. The van der Waals surface area contributed by atoms with Gasteiger partial charge in [0.1, 0.15) is 0 Å². The normalized spacial score (nSPS) is 31.8. The van der Waals surface area contributed by atoms with Crippen molar-refractivity contribution in [2.75, 3.05) is 13.1 Å². The summed E-state index contributed by atoms with van der Waals surface area (Å²) >= 11 is 0. The Kier molecular flexibility index (Phi) is 2.33. The average Bonchev–Trinajstić information content (AvgIpc) is 3.07. The smallest absolute Gasteiger partial charge is 0.0771 e. The van der Waals surface area contributed by atoms with Crippen LogP contribution in [0.1, 0.15) is 51.4 Å². The summed E-state index contributed by atoms with van der Waals surface area (Å²) in [5.41, 5.74) is 0.314. The van der Waals surface area contributed by atoms with Gasteiger partial charge in [0, 0.05) is 13.1 Å². The number of hydrogen-bond donors (Lipinski definition) is 2. The molecule has 3 aliphatic carbocycles. The van der Waals surface area contributed by atoms with Crippen molar-refractivity contribution in [2.45, 2.75) is 57.0 Å². The molecule has 0 unspecified atom stereocenters. The Hall–Kier alpha value is -0.0800. The molecule has 0 heterocycles. The van der Waals surface area contributed by atoms with E-state index in [1.165, 1.54) is 45.1 Å². The third-order valence-corrected chi connectivity index (χ3v) is 4.80. The van der Waals surface area contributed by atoms with Crippen molar-refractivity contribution in [3.63, 3.8) is 0 Å². The molecule has 0 amide bonds. The first-order valence-corrected chi connectivity index (χ1v) is 6.66. The topological polar surface area (TPSA) is 32.3 Å². The highest BCUT2D eigenvalue weighted by atomic mass is 16.3. The van der Waals surface area contributed by atoms with Crippen LogP contribution in [0.15, 0.2) is 0 Å². The summed E-state index contributed by atoms with van der Waals surface area (Å²) in [6.45, 7) is 2.00. The van der Waals surface area contributed by atoms with Gasteiger partial charge in [-0.15, -0.1) is 0 Å². The van der Waals surface area contributed by atoms with Gasteiger partial charge in [-0.2, -0.15) is 0 Å². The van der Waals surface area contributed by atoms with Gasteiger partial charge < -0.3 is 10.4 Å². The van der Waals surface area contributed by atoms with Crippen LogP contribution in [0.25, 0.3) is 0 Å². The second-order valence-corrected chi connectivity index (χ2v) is 6.17. The van der Waals surface area contributed by atoms with Gasteiger partial charge in [0.15, 0.2) is 0 Å². The minimum atomic E-state index is -0.361.